The molecule has 0 radical (unpaired) electrons. The third kappa shape index (κ3) is 2.09. The first-order valence-electron chi connectivity index (χ1n) is 6.33. The van der Waals surface area contributed by atoms with E-state index in [4.69, 9.17) is 0 Å². The molecule has 0 amide bonds. The summed E-state index contributed by atoms with van der Waals surface area (Å²) >= 11 is 0. The zero-order valence-corrected chi connectivity index (χ0v) is 11.4. The van der Waals surface area contributed by atoms with Gasteiger partial charge in [-0.3, -0.25) is 0 Å². The summed E-state index contributed by atoms with van der Waals surface area (Å²) < 4.78 is 2.35. The van der Waals surface area contributed by atoms with Crippen molar-refractivity contribution in [2.24, 2.45) is 0 Å². The van der Waals surface area contributed by atoms with Crippen LogP contribution in [-0.4, -0.2) is 11.6 Å². The number of aryl methyl sites for hydroxylation is 1. The molecule has 1 heterocycles. The van der Waals surface area contributed by atoms with Crippen LogP contribution in [0.5, 0.6) is 0 Å². The molecular weight excluding hydrogens is 208 g/mol. The summed E-state index contributed by atoms with van der Waals surface area (Å²) in [4.78, 5) is 0. The highest BCUT2D eigenvalue weighted by molar-refractivity contribution is 5.84. The van der Waals surface area contributed by atoms with Gasteiger partial charge in [0.05, 0.1) is 0 Å². The molecule has 0 saturated heterocycles. The Morgan fingerprint density at radius 3 is 2.47 bits per heavy atom. The van der Waals surface area contributed by atoms with Crippen molar-refractivity contribution in [3.63, 3.8) is 0 Å². The van der Waals surface area contributed by atoms with Crippen LogP contribution in [0.1, 0.15) is 44.0 Å². The first-order valence-corrected chi connectivity index (χ1v) is 6.33. The van der Waals surface area contributed by atoms with Crippen LogP contribution in [0.3, 0.4) is 0 Å². The topological polar surface area (TPSA) is 17.0 Å². The Balaban J connectivity index is 2.59. The summed E-state index contributed by atoms with van der Waals surface area (Å²) in [5, 5.41) is 4.66. The second kappa shape index (κ2) is 4.53. The summed E-state index contributed by atoms with van der Waals surface area (Å²) in [6.07, 6.45) is 2.25. The molecule has 2 heteroatoms. The van der Waals surface area contributed by atoms with Crippen LogP contribution >= 0.6 is 0 Å². The fourth-order valence-corrected chi connectivity index (χ4v) is 2.31. The lowest BCUT2D eigenvalue weighted by Gasteiger charge is -2.12. The SMILES string of the molecule is CNC(C)c1ccc2c(c1)c(C)cn2C(C)C. The van der Waals surface area contributed by atoms with Gasteiger partial charge in [0.2, 0.25) is 0 Å². The van der Waals surface area contributed by atoms with Crippen molar-refractivity contribution >= 4 is 10.9 Å². The maximum Gasteiger partial charge on any atom is 0.0485 e. The Labute approximate surface area is 104 Å². The van der Waals surface area contributed by atoms with Crippen molar-refractivity contribution < 1.29 is 0 Å². The van der Waals surface area contributed by atoms with Crippen molar-refractivity contribution in [1.29, 1.82) is 0 Å². The average Bonchev–Trinajstić information content (AvgIpc) is 2.65. The summed E-state index contributed by atoms with van der Waals surface area (Å²) in [5.41, 5.74) is 4.05. The predicted octanol–water partition coefficient (Wildman–Crippen LogP) is 3.81. The molecule has 0 saturated carbocycles. The van der Waals surface area contributed by atoms with E-state index in [1.165, 1.54) is 22.0 Å². The molecule has 0 aliphatic rings. The standard InChI is InChI=1S/C15H22N2/c1-10(2)17-9-11(3)14-8-13(12(4)16-5)6-7-15(14)17/h6-10,12,16H,1-5H3. The molecule has 1 aromatic carbocycles. The number of hydrogen-bond donors (Lipinski definition) is 1. The lowest BCUT2D eigenvalue weighted by atomic mass is 10.0. The second-order valence-electron chi connectivity index (χ2n) is 5.10. The van der Waals surface area contributed by atoms with E-state index in [1.54, 1.807) is 0 Å². The Bertz CT molecular complexity index is 523. The molecule has 2 nitrogen and oxygen atoms in total. The molecular formula is C15H22N2. The summed E-state index contributed by atoms with van der Waals surface area (Å²) in [7, 11) is 2.00. The highest BCUT2D eigenvalue weighted by atomic mass is 15.0. The van der Waals surface area contributed by atoms with Gasteiger partial charge >= 0.3 is 0 Å². The molecule has 1 aromatic heterocycles. The Morgan fingerprint density at radius 2 is 1.88 bits per heavy atom. The minimum atomic E-state index is 0.404. The average molecular weight is 230 g/mol. The number of rotatable bonds is 3. The normalized spacial score (nSPS) is 13.5. The van der Waals surface area contributed by atoms with E-state index in [0.717, 1.165) is 0 Å². The number of nitrogens with one attached hydrogen (secondary N) is 1. The largest absolute Gasteiger partial charge is 0.345 e. The van der Waals surface area contributed by atoms with Gasteiger partial charge in [-0.05, 0) is 58.0 Å². The van der Waals surface area contributed by atoms with Gasteiger partial charge in [0.1, 0.15) is 0 Å². The summed E-state index contributed by atoms with van der Waals surface area (Å²) in [6, 6.07) is 7.69. The number of hydrogen-bond acceptors (Lipinski definition) is 1. The van der Waals surface area contributed by atoms with Crippen molar-refractivity contribution in [2.45, 2.75) is 39.8 Å². The lowest BCUT2D eigenvalue weighted by Crippen LogP contribution is -2.12. The Morgan fingerprint density at radius 1 is 1.18 bits per heavy atom. The molecule has 1 unspecified atom stereocenters. The second-order valence-corrected chi connectivity index (χ2v) is 5.10. The predicted molar refractivity (Wildman–Crippen MR) is 74.5 cm³/mol. The first kappa shape index (κ1) is 12.2. The molecule has 0 fully saturated rings. The molecule has 0 aliphatic carbocycles. The fourth-order valence-electron chi connectivity index (χ4n) is 2.31. The summed E-state index contributed by atoms with van der Waals surface area (Å²) in [6.45, 7) is 8.83. The van der Waals surface area contributed by atoms with E-state index < -0.39 is 0 Å². The number of nitrogens with zero attached hydrogens (tertiary/aromatic N) is 1. The van der Waals surface area contributed by atoms with Gasteiger partial charge in [-0.2, -0.15) is 0 Å². The van der Waals surface area contributed by atoms with Gasteiger partial charge in [-0.15, -0.1) is 0 Å². The van der Waals surface area contributed by atoms with Crippen molar-refractivity contribution in [3.05, 3.63) is 35.5 Å². The van der Waals surface area contributed by atoms with E-state index >= 15 is 0 Å². The minimum absolute atomic E-state index is 0.404. The van der Waals surface area contributed by atoms with E-state index in [0.29, 0.717) is 12.1 Å². The van der Waals surface area contributed by atoms with E-state index in [9.17, 15) is 0 Å². The van der Waals surface area contributed by atoms with Crippen LogP contribution in [0.25, 0.3) is 10.9 Å². The highest BCUT2D eigenvalue weighted by Gasteiger charge is 2.10. The zero-order chi connectivity index (χ0) is 12.6. The maximum atomic E-state index is 3.29. The molecule has 0 bridgehead atoms. The zero-order valence-electron chi connectivity index (χ0n) is 11.4. The molecule has 92 valence electrons. The van der Waals surface area contributed by atoms with Gasteiger partial charge in [0.25, 0.3) is 0 Å². The fraction of sp³-hybridized carbons (Fsp3) is 0.467. The third-order valence-electron chi connectivity index (χ3n) is 3.55. The third-order valence-corrected chi connectivity index (χ3v) is 3.55. The van der Waals surface area contributed by atoms with E-state index in [1.807, 2.05) is 7.05 Å². The van der Waals surface area contributed by atoms with Crippen LogP contribution in [0, 0.1) is 6.92 Å². The monoisotopic (exact) mass is 230 g/mol. The van der Waals surface area contributed by atoms with Crippen molar-refractivity contribution in [2.75, 3.05) is 7.05 Å². The number of benzene rings is 1. The molecule has 17 heavy (non-hydrogen) atoms. The molecule has 1 atom stereocenters. The van der Waals surface area contributed by atoms with Crippen LogP contribution in [-0.2, 0) is 0 Å². The van der Waals surface area contributed by atoms with E-state index in [-0.39, 0.29) is 0 Å². The first-order chi connectivity index (χ1) is 8.04. The molecule has 2 aromatic rings. The van der Waals surface area contributed by atoms with Crippen molar-refractivity contribution in [3.8, 4) is 0 Å². The summed E-state index contributed by atoms with van der Waals surface area (Å²) in [5.74, 6) is 0. The van der Waals surface area contributed by atoms with Gasteiger partial charge in [0, 0.05) is 29.2 Å². The quantitative estimate of drug-likeness (QED) is 0.848. The smallest absolute Gasteiger partial charge is 0.0485 e. The van der Waals surface area contributed by atoms with Gasteiger partial charge in [-0.1, -0.05) is 6.07 Å². The molecule has 0 aliphatic heterocycles. The van der Waals surface area contributed by atoms with Crippen LogP contribution in [0.2, 0.25) is 0 Å². The Hall–Kier alpha value is -1.28. The van der Waals surface area contributed by atoms with Gasteiger partial charge in [0.15, 0.2) is 0 Å². The maximum absolute atomic E-state index is 3.29. The lowest BCUT2D eigenvalue weighted by molar-refractivity contribution is 0.621. The minimum Gasteiger partial charge on any atom is -0.345 e. The molecule has 0 spiro atoms. The number of fused-ring (bicyclic) bond motifs is 1. The van der Waals surface area contributed by atoms with Crippen LogP contribution in [0.15, 0.2) is 24.4 Å². The van der Waals surface area contributed by atoms with Gasteiger partial charge in [-0.25, -0.2) is 0 Å². The Kier molecular flexibility index (Phi) is 3.25. The van der Waals surface area contributed by atoms with Crippen molar-refractivity contribution in [1.82, 2.24) is 9.88 Å². The van der Waals surface area contributed by atoms with Gasteiger partial charge < -0.3 is 9.88 Å². The number of aromatic nitrogens is 1. The molecule has 1 N–H and O–H groups in total. The highest BCUT2D eigenvalue weighted by Crippen LogP contribution is 2.27. The molecule has 2 rings (SSSR count). The van der Waals surface area contributed by atoms with E-state index in [2.05, 4.69) is 62.0 Å². The van der Waals surface area contributed by atoms with Crippen LogP contribution in [0.4, 0.5) is 0 Å². The van der Waals surface area contributed by atoms with Crippen LogP contribution < -0.4 is 5.32 Å².